The molecule has 5 nitrogen and oxygen atoms in total. The number of carbonyl (C=O) groups excluding carboxylic acids is 2. The van der Waals surface area contributed by atoms with Gasteiger partial charge in [-0.15, -0.1) is 0 Å². The summed E-state index contributed by atoms with van der Waals surface area (Å²) in [5, 5.41) is 3.60. The zero-order valence-electron chi connectivity index (χ0n) is 18.2. The summed E-state index contributed by atoms with van der Waals surface area (Å²) in [4.78, 5) is 27.6. The normalized spacial score (nSPS) is 12.2. The molecule has 2 aromatic rings. The monoisotopic (exact) mass is 430 g/mol. The molecule has 2 aromatic carbocycles. The smallest absolute Gasteiger partial charge is 0.261 e. The van der Waals surface area contributed by atoms with Crippen molar-refractivity contribution in [3.8, 4) is 5.75 Å². The average Bonchev–Trinajstić information content (AvgIpc) is 2.69. The maximum atomic E-state index is 13.1. The number of rotatable bonds is 9. The van der Waals surface area contributed by atoms with E-state index in [4.69, 9.17) is 16.3 Å². The summed E-state index contributed by atoms with van der Waals surface area (Å²) in [7, 11) is 0. The molecule has 0 aliphatic carbocycles. The molecule has 2 rings (SSSR count). The lowest BCUT2D eigenvalue weighted by molar-refractivity contribution is -0.142. The molecule has 0 radical (unpaired) electrons. The van der Waals surface area contributed by atoms with E-state index in [0.29, 0.717) is 30.2 Å². The first kappa shape index (κ1) is 23.7. The molecule has 162 valence electrons. The zero-order chi connectivity index (χ0) is 22.1. The molecule has 0 aliphatic rings. The Bertz CT molecular complexity index is 817. The van der Waals surface area contributed by atoms with Gasteiger partial charge in [-0.05, 0) is 63.4 Å². The average molecular weight is 431 g/mol. The molecule has 0 unspecified atom stereocenters. The summed E-state index contributed by atoms with van der Waals surface area (Å²) in [5.74, 6) is 0.178. The third-order valence-corrected chi connectivity index (χ3v) is 4.80. The number of amides is 2. The van der Waals surface area contributed by atoms with Crippen molar-refractivity contribution >= 4 is 23.4 Å². The summed E-state index contributed by atoms with van der Waals surface area (Å²) < 4.78 is 5.65. The van der Waals surface area contributed by atoms with E-state index in [1.54, 1.807) is 29.2 Å². The van der Waals surface area contributed by atoms with Crippen LogP contribution in [-0.4, -0.2) is 41.4 Å². The summed E-state index contributed by atoms with van der Waals surface area (Å²) >= 11 is 5.90. The minimum Gasteiger partial charge on any atom is -0.484 e. The standard InChI is InChI=1S/C24H31ClN2O3/c1-5-21(23(29)26-24(2,3)4)27(16-15-18-9-7-6-8-10-18)22(28)17-30-20-13-11-19(25)12-14-20/h6-14,21H,5,15-17H2,1-4H3,(H,26,29)/t21-/m1/s1. The third-order valence-electron chi connectivity index (χ3n) is 4.54. The van der Waals surface area contributed by atoms with E-state index >= 15 is 0 Å². The minimum absolute atomic E-state index is 0.143. The van der Waals surface area contributed by atoms with Crippen LogP contribution in [0, 0.1) is 0 Å². The lowest BCUT2D eigenvalue weighted by Crippen LogP contribution is -2.54. The van der Waals surface area contributed by atoms with Crippen LogP contribution in [0.4, 0.5) is 0 Å². The van der Waals surface area contributed by atoms with Gasteiger partial charge in [0.25, 0.3) is 5.91 Å². The minimum atomic E-state index is -0.561. The van der Waals surface area contributed by atoms with Gasteiger partial charge in [-0.2, -0.15) is 0 Å². The third kappa shape index (κ3) is 7.71. The van der Waals surface area contributed by atoms with Crippen LogP contribution in [0.3, 0.4) is 0 Å². The summed E-state index contributed by atoms with van der Waals surface area (Å²) in [6, 6.07) is 16.2. The second-order valence-electron chi connectivity index (χ2n) is 8.23. The molecule has 2 amide bonds. The van der Waals surface area contributed by atoms with Crippen molar-refractivity contribution in [2.24, 2.45) is 0 Å². The lowest BCUT2D eigenvalue weighted by Gasteiger charge is -2.33. The molecule has 1 N–H and O–H groups in total. The predicted octanol–water partition coefficient (Wildman–Crippen LogP) is 4.48. The van der Waals surface area contributed by atoms with Crippen LogP contribution in [0.15, 0.2) is 54.6 Å². The van der Waals surface area contributed by atoms with E-state index in [1.165, 1.54) is 0 Å². The first-order valence-electron chi connectivity index (χ1n) is 10.2. The van der Waals surface area contributed by atoms with Crippen molar-refractivity contribution in [1.82, 2.24) is 10.2 Å². The number of hydrogen-bond donors (Lipinski definition) is 1. The number of hydrogen-bond acceptors (Lipinski definition) is 3. The molecule has 0 aliphatic heterocycles. The Hall–Kier alpha value is -2.53. The van der Waals surface area contributed by atoms with Gasteiger partial charge >= 0.3 is 0 Å². The van der Waals surface area contributed by atoms with E-state index in [-0.39, 0.29) is 24.0 Å². The van der Waals surface area contributed by atoms with Crippen LogP contribution in [0.5, 0.6) is 5.75 Å². The molecule has 0 fully saturated rings. The first-order chi connectivity index (χ1) is 14.2. The maximum Gasteiger partial charge on any atom is 0.261 e. The molecule has 0 bridgehead atoms. The maximum absolute atomic E-state index is 13.1. The Morgan fingerprint density at radius 2 is 1.70 bits per heavy atom. The van der Waals surface area contributed by atoms with Gasteiger partial charge in [0.1, 0.15) is 11.8 Å². The molecule has 0 spiro atoms. The van der Waals surface area contributed by atoms with Gasteiger partial charge in [0.15, 0.2) is 6.61 Å². The van der Waals surface area contributed by atoms with Gasteiger partial charge in [-0.25, -0.2) is 0 Å². The topological polar surface area (TPSA) is 58.6 Å². The van der Waals surface area contributed by atoms with Crippen molar-refractivity contribution in [3.05, 3.63) is 65.2 Å². The van der Waals surface area contributed by atoms with Crippen molar-refractivity contribution in [2.75, 3.05) is 13.2 Å². The van der Waals surface area contributed by atoms with Gasteiger partial charge in [-0.1, -0.05) is 48.9 Å². The molecule has 30 heavy (non-hydrogen) atoms. The summed E-state index contributed by atoms with van der Waals surface area (Å²) in [5.41, 5.74) is 0.735. The molecular formula is C24H31ClN2O3. The van der Waals surface area contributed by atoms with Gasteiger partial charge in [-0.3, -0.25) is 9.59 Å². The highest BCUT2D eigenvalue weighted by Gasteiger charge is 2.30. The van der Waals surface area contributed by atoms with E-state index in [2.05, 4.69) is 5.32 Å². The Balaban J connectivity index is 2.14. The van der Waals surface area contributed by atoms with Crippen LogP contribution < -0.4 is 10.1 Å². The number of nitrogens with one attached hydrogen (secondary N) is 1. The summed E-state index contributed by atoms with van der Waals surface area (Å²) in [6.07, 6.45) is 1.18. The molecule has 0 saturated heterocycles. The Morgan fingerprint density at radius 3 is 2.27 bits per heavy atom. The Morgan fingerprint density at radius 1 is 1.07 bits per heavy atom. The van der Waals surface area contributed by atoms with Crippen molar-refractivity contribution in [1.29, 1.82) is 0 Å². The van der Waals surface area contributed by atoms with E-state index in [9.17, 15) is 9.59 Å². The van der Waals surface area contributed by atoms with Gasteiger partial charge < -0.3 is 15.0 Å². The summed E-state index contributed by atoms with van der Waals surface area (Å²) in [6.45, 7) is 7.99. The van der Waals surface area contributed by atoms with Crippen molar-refractivity contribution < 1.29 is 14.3 Å². The van der Waals surface area contributed by atoms with Crippen LogP contribution in [0.25, 0.3) is 0 Å². The van der Waals surface area contributed by atoms with Crippen LogP contribution >= 0.6 is 11.6 Å². The Kier molecular flexibility index (Phi) is 8.72. The first-order valence-corrected chi connectivity index (χ1v) is 10.6. The number of ether oxygens (including phenoxy) is 1. The predicted molar refractivity (Wildman–Crippen MR) is 121 cm³/mol. The van der Waals surface area contributed by atoms with E-state index in [1.807, 2.05) is 58.0 Å². The van der Waals surface area contributed by atoms with Gasteiger partial charge in [0.2, 0.25) is 5.91 Å². The number of benzene rings is 2. The van der Waals surface area contributed by atoms with E-state index in [0.717, 1.165) is 5.56 Å². The molecular weight excluding hydrogens is 400 g/mol. The fourth-order valence-electron chi connectivity index (χ4n) is 3.11. The largest absolute Gasteiger partial charge is 0.484 e. The molecule has 0 saturated carbocycles. The van der Waals surface area contributed by atoms with Crippen LogP contribution in [-0.2, 0) is 16.0 Å². The number of carbonyl (C=O) groups is 2. The van der Waals surface area contributed by atoms with Crippen molar-refractivity contribution in [3.63, 3.8) is 0 Å². The van der Waals surface area contributed by atoms with Crippen molar-refractivity contribution in [2.45, 2.75) is 52.1 Å². The molecule has 0 aromatic heterocycles. The number of nitrogens with zero attached hydrogens (tertiary/aromatic N) is 1. The highest BCUT2D eigenvalue weighted by Crippen LogP contribution is 2.16. The SMILES string of the molecule is CC[C@H](C(=O)NC(C)(C)C)N(CCc1ccccc1)C(=O)COc1ccc(Cl)cc1. The lowest BCUT2D eigenvalue weighted by atomic mass is 10.1. The van der Waals surface area contributed by atoms with E-state index < -0.39 is 6.04 Å². The Labute approximate surface area is 184 Å². The van der Waals surface area contributed by atoms with Gasteiger partial charge in [0, 0.05) is 17.1 Å². The number of halogens is 1. The highest BCUT2D eigenvalue weighted by molar-refractivity contribution is 6.30. The zero-order valence-corrected chi connectivity index (χ0v) is 18.9. The van der Waals surface area contributed by atoms with Gasteiger partial charge in [0.05, 0.1) is 0 Å². The molecule has 6 heteroatoms. The second-order valence-corrected chi connectivity index (χ2v) is 8.67. The molecule has 0 heterocycles. The highest BCUT2D eigenvalue weighted by atomic mass is 35.5. The second kappa shape index (κ2) is 11.0. The fraction of sp³-hybridized carbons (Fsp3) is 0.417. The van der Waals surface area contributed by atoms with Crippen LogP contribution in [0.2, 0.25) is 5.02 Å². The van der Waals surface area contributed by atoms with Crippen LogP contribution in [0.1, 0.15) is 39.7 Å². The quantitative estimate of drug-likeness (QED) is 0.637. The molecule has 1 atom stereocenters. The fourth-order valence-corrected chi connectivity index (χ4v) is 3.23.